The van der Waals surface area contributed by atoms with Gasteiger partial charge in [0.1, 0.15) is 0 Å². The fraction of sp³-hybridized carbons (Fsp3) is 0.125. The summed E-state index contributed by atoms with van der Waals surface area (Å²) in [6, 6.07) is 18.6. The standard InChI is InChI=1S/C16H15NO/c18-11-13-6-7-16-14(8-13)10-15(17-16)9-12-4-2-1-3-5-12/h1-8,10,17-18H,9,11H2. The van der Waals surface area contributed by atoms with Gasteiger partial charge in [-0.2, -0.15) is 0 Å². The highest BCUT2D eigenvalue weighted by Gasteiger charge is 2.02. The molecule has 1 aromatic heterocycles. The summed E-state index contributed by atoms with van der Waals surface area (Å²) in [5, 5.41) is 10.3. The molecule has 0 aliphatic heterocycles. The van der Waals surface area contributed by atoms with E-state index in [2.05, 4.69) is 35.3 Å². The SMILES string of the molecule is OCc1ccc2[nH]c(Cc3ccccc3)cc2c1. The van der Waals surface area contributed by atoms with Gasteiger partial charge in [-0.15, -0.1) is 0 Å². The minimum absolute atomic E-state index is 0.0924. The number of fused-ring (bicyclic) bond motifs is 1. The van der Waals surface area contributed by atoms with E-state index in [-0.39, 0.29) is 6.61 Å². The summed E-state index contributed by atoms with van der Waals surface area (Å²) in [7, 11) is 0. The van der Waals surface area contributed by atoms with Gasteiger partial charge in [-0.1, -0.05) is 36.4 Å². The van der Waals surface area contributed by atoms with Crippen LogP contribution < -0.4 is 0 Å². The van der Waals surface area contributed by atoms with E-state index in [4.69, 9.17) is 5.11 Å². The van der Waals surface area contributed by atoms with E-state index in [0.717, 1.165) is 22.9 Å². The molecule has 2 nitrogen and oxygen atoms in total. The van der Waals surface area contributed by atoms with E-state index in [0.29, 0.717) is 0 Å². The number of aromatic amines is 1. The third-order valence-corrected chi connectivity index (χ3v) is 3.16. The second-order valence-corrected chi connectivity index (χ2v) is 4.54. The van der Waals surface area contributed by atoms with Gasteiger partial charge < -0.3 is 10.1 Å². The van der Waals surface area contributed by atoms with Crippen molar-refractivity contribution in [2.45, 2.75) is 13.0 Å². The molecule has 3 aromatic rings. The molecule has 0 amide bonds. The Balaban J connectivity index is 1.94. The van der Waals surface area contributed by atoms with Gasteiger partial charge in [0, 0.05) is 23.0 Å². The Morgan fingerprint density at radius 1 is 0.889 bits per heavy atom. The van der Waals surface area contributed by atoms with Gasteiger partial charge >= 0.3 is 0 Å². The Labute approximate surface area is 106 Å². The number of aromatic nitrogens is 1. The second kappa shape index (κ2) is 4.67. The van der Waals surface area contributed by atoms with Crippen molar-refractivity contribution in [3.05, 3.63) is 71.4 Å². The lowest BCUT2D eigenvalue weighted by atomic mass is 10.1. The van der Waals surface area contributed by atoms with Gasteiger partial charge in [0.15, 0.2) is 0 Å². The zero-order chi connectivity index (χ0) is 12.4. The van der Waals surface area contributed by atoms with Crippen molar-refractivity contribution < 1.29 is 5.11 Å². The van der Waals surface area contributed by atoms with E-state index < -0.39 is 0 Å². The Morgan fingerprint density at radius 3 is 2.50 bits per heavy atom. The number of hydrogen-bond acceptors (Lipinski definition) is 1. The Bertz CT molecular complexity index is 655. The number of benzene rings is 2. The molecule has 3 rings (SSSR count). The van der Waals surface area contributed by atoms with Crippen LogP contribution in [0.5, 0.6) is 0 Å². The van der Waals surface area contributed by atoms with Crippen LogP contribution in [0, 0.1) is 0 Å². The quantitative estimate of drug-likeness (QED) is 0.720. The zero-order valence-electron chi connectivity index (χ0n) is 10.1. The van der Waals surface area contributed by atoms with Crippen molar-refractivity contribution in [3.63, 3.8) is 0 Å². The normalized spacial score (nSPS) is 10.9. The predicted octanol–water partition coefficient (Wildman–Crippen LogP) is 3.25. The highest BCUT2D eigenvalue weighted by molar-refractivity contribution is 5.81. The number of aliphatic hydroxyl groups excluding tert-OH is 1. The smallest absolute Gasteiger partial charge is 0.0682 e. The Kier molecular flexibility index (Phi) is 2.87. The van der Waals surface area contributed by atoms with Crippen molar-refractivity contribution in [2.24, 2.45) is 0 Å². The lowest BCUT2D eigenvalue weighted by molar-refractivity contribution is 0.282. The fourth-order valence-corrected chi connectivity index (χ4v) is 2.25. The highest BCUT2D eigenvalue weighted by Crippen LogP contribution is 2.19. The van der Waals surface area contributed by atoms with E-state index in [1.165, 1.54) is 11.3 Å². The average molecular weight is 237 g/mol. The van der Waals surface area contributed by atoms with Gasteiger partial charge in [-0.25, -0.2) is 0 Å². The Hall–Kier alpha value is -2.06. The fourth-order valence-electron chi connectivity index (χ4n) is 2.25. The minimum atomic E-state index is 0.0924. The van der Waals surface area contributed by atoms with Crippen LogP contribution in [0.25, 0.3) is 10.9 Å². The summed E-state index contributed by atoms with van der Waals surface area (Å²) in [5.41, 5.74) is 4.57. The summed E-state index contributed by atoms with van der Waals surface area (Å²) in [4.78, 5) is 3.41. The molecule has 0 aliphatic rings. The lowest BCUT2D eigenvalue weighted by Gasteiger charge is -1.97. The van der Waals surface area contributed by atoms with Crippen molar-refractivity contribution in [2.75, 3.05) is 0 Å². The number of nitrogens with one attached hydrogen (secondary N) is 1. The van der Waals surface area contributed by atoms with Crippen molar-refractivity contribution in [1.29, 1.82) is 0 Å². The molecule has 0 radical (unpaired) electrons. The summed E-state index contributed by atoms with van der Waals surface area (Å²) < 4.78 is 0. The molecule has 18 heavy (non-hydrogen) atoms. The summed E-state index contributed by atoms with van der Waals surface area (Å²) in [6.07, 6.45) is 0.907. The van der Waals surface area contributed by atoms with Crippen LogP contribution in [-0.2, 0) is 13.0 Å². The van der Waals surface area contributed by atoms with E-state index in [9.17, 15) is 0 Å². The van der Waals surface area contributed by atoms with Crippen molar-refractivity contribution >= 4 is 10.9 Å². The largest absolute Gasteiger partial charge is 0.392 e. The molecule has 2 heteroatoms. The van der Waals surface area contributed by atoms with Crippen LogP contribution in [0.4, 0.5) is 0 Å². The van der Waals surface area contributed by atoms with E-state index >= 15 is 0 Å². The third kappa shape index (κ3) is 2.15. The molecular formula is C16H15NO. The molecule has 0 unspecified atom stereocenters. The maximum absolute atomic E-state index is 9.13. The van der Waals surface area contributed by atoms with Crippen molar-refractivity contribution in [3.8, 4) is 0 Å². The van der Waals surface area contributed by atoms with Crippen LogP contribution in [0.15, 0.2) is 54.6 Å². The molecule has 0 saturated heterocycles. The molecule has 2 N–H and O–H groups in total. The molecule has 1 heterocycles. The first-order valence-corrected chi connectivity index (χ1v) is 6.10. The summed E-state index contributed by atoms with van der Waals surface area (Å²) >= 11 is 0. The van der Waals surface area contributed by atoms with Crippen LogP contribution in [0.3, 0.4) is 0 Å². The van der Waals surface area contributed by atoms with Crippen LogP contribution >= 0.6 is 0 Å². The van der Waals surface area contributed by atoms with Gasteiger partial charge in [0.2, 0.25) is 0 Å². The minimum Gasteiger partial charge on any atom is -0.392 e. The van der Waals surface area contributed by atoms with Gasteiger partial charge in [-0.05, 0) is 29.3 Å². The molecule has 0 fully saturated rings. The number of rotatable bonds is 3. The van der Waals surface area contributed by atoms with Gasteiger partial charge in [-0.3, -0.25) is 0 Å². The zero-order valence-corrected chi connectivity index (χ0v) is 10.1. The summed E-state index contributed by atoms with van der Waals surface area (Å²) in [5.74, 6) is 0. The number of aliphatic hydroxyl groups is 1. The first-order valence-electron chi connectivity index (χ1n) is 6.10. The summed E-state index contributed by atoms with van der Waals surface area (Å²) in [6.45, 7) is 0.0924. The highest BCUT2D eigenvalue weighted by atomic mass is 16.3. The Morgan fingerprint density at radius 2 is 1.72 bits per heavy atom. The topological polar surface area (TPSA) is 36.0 Å². The first-order chi connectivity index (χ1) is 8.85. The predicted molar refractivity (Wildman–Crippen MR) is 73.5 cm³/mol. The molecule has 0 atom stereocenters. The van der Waals surface area contributed by atoms with Crippen LogP contribution in [0.1, 0.15) is 16.8 Å². The maximum atomic E-state index is 9.13. The molecule has 90 valence electrons. The van der Waals surface area contributed by atoms with Crippen molar-refractivity contribution in [1.82, 2.24) is 4.98 Å². The van der Waals surface area contributed by atoms with E-state index in [1.54, 1.807) is 0 Å². The van der Waals surface area contributed by atoms with Gasteiger partial charge in [0.25, 0.3) is 0 Å². The number of H-pyrrole nitrogens is 1. The van der Waals surface area contributed by atoms with E-state index in [1.807, 2.05) is 24.3 Å². The first kappa shape index (κ1) is 11.1. The molecule has 0 spiro atoms. The number of hydrogen-bond donors (Lipinski definition) is 2. The van der Waals surface area contributed by atoms with Gasteiger partial charge in [0.05, 0.1) is 6.61 Å². The van der Waals surface area contributed by atoms with Crippen LogP contribution in [-0.4, -0.2) is 10.1 Å². The third-order valence-electron chi connectivity index (χ3n) is 3.16. The molecule has 2 aromatic carbocycles. The monoisotopic (exact) mass is 237 g/mol. The molecule has 0 saturated carbocycles. The maximum Gasteiger partial charge on any atom is 0.0682 e. The molecule has 0 aliphatic carbocycles. The van der Waals surface area contributed by atoms with Crippen LogP contribution in [0.2, 0.25) is 0 Å². The average Bonchev–Trinajstić information content (AvgIpc) is 2.80. The molecule has 0 bridgehead atoms. The molecular weight excluding hydrogens is 222 g/mol. The lowest BCUT2D eigenvalue weighted by Crippen LogP contribution is -1.86. The second-order valence-electron chi connectivity index (χ2n) is 4.54.